The van der Waals surface area contributed by atoms with Crippen LogP contribution in [0.25, 0.3) is 0 Å². The van der Waals surface area contributed by atoms with Crippen molar-refractivity contribution in [2.75, 3.05) is 10.2 Å². The number of para-hydroxylation sites is 2. The summed E-state index contributed by atoms with van der Waals surface area (Å²) in [6.45, 7) is 0. The van der Waals surface area contributed by atoms with Crippen molar-refractivity contribution < 1.29 is 9.59 Å². The molecule has 1 N–H and O–H groups in total. The lowest BCUT2D eigenvalue weighted by Crippen LogP contribution is -2.55. The number of anilines is 2. The predicted molar refractivity (Wildman–Crippen MR) is 83.2 cm³/mol. The van der Waals surface area contributed by atoms with Crippen molar-refractivity contribution in [1.82, 2.24) is 0 Å². The van der Waals surface area contributed by atoms with Crippen LogP contribution in [0.15, 0.2) is 59.6 Å². The zero-order chi connectivity index (χ0) is 14.9. The van der Waals surface area contributed by atoms with Gasteiger partial charge in [0.15, 0.2) is 0 Å². The molecule has 104 valence electrons. The Hall–Kier alpha value is -2.56. The number of thiol groups is 1. The van der Waals surface area contributed by atoms with Crippen molar-refractivity contribution >= 4 is 36.0 Å². The van der Waals surface area contributed by atoms with E-state index in [9.17, 15) is 9.59 Å². The molecular weight excluding hydrogens is 286 g/mol. The quantitative estimate of drug-likeness (QED) is 0.509. The molecule has 5 nitrogen and oxygen atoms in total. The Bertz CT molecular complexity index is 744. The molecule has 2 aromatic rings. The summed E-state index contributed by atoms with van der Waals surface area (Å²) in [7, 11) is 0. The van der Waals surface area contributed by atoms with E-state index < -0.39 is 5.12 Å². The van der Waals surface area contributed by atoms with Gasteiger partial charge in [-0.15, -0.1) is 17.6 Å². The molecule has 0 bridgehead atoms. The fourth-order valence-electron chi connectivity index (χ4n) is 2.29. The standard InChI is InChI=1S/C15H11N3O2S/c19-10-16-15(21)17-13-9-5-4-8-12(13)14(20)18(15)11-6-2-1-3-7-11/h1-9,17,21H. The first-order valence-electron chi connectivity index (χ1n) is 6.24. The Balaban J connectivity index is 2.20. The molecule has 0 spiro atoms. The largest absolute Gasteiger partial charge is 0.334 e. The van der Waals surface area contributed by atoms with E-state index in [0.717, 1.165) is 0 Å². The summed E-state index contributed by atoms with van der Waals surface area (Å²) in [5, 5.41) is 1.49. The van der Waals surface area contributed by atoms with Gasteiger partial charge in [-0.25, -0.2) is 4.79 Å². The van der Waals surface area contributed by atoms with Crippen LogP contribution in [0, 0.1) is 0 Å². The molecule has 0 fully saturated rings. The van der Waals surface area contributed by atoms with Gasteiger partial charge in [-0.2, -0.15) is 0 Å². The molecule has 1 atom stereocenters. The number of carbonyl (C=O) groups is 1. The van der Waals surface area contributed by atoms with Crippen LogP contribution in [0.1, 0.15) is 10.4 Å². The summed E-state index contributed by atoms with van der Waals surface area (Å²) in [5.41, 5.74) is 1.65. The number of hydrogen-bond donors (Lipinski definition) is 2. The number of fused-ring (bicyclic) bond motifs is 1. The second-order valence-electron chi connectivity index (χ2n) is 4.49. The van der Waals surface area contributed by atoms with Gasteiger partial charge >= 0.3 is 0 Å². The first-order chi connectivity index (χ1) is 10.2. The van der Waals surface area contributed by atoms with E-state index in [4.69, 9.17) is 0 Å². The monoisotopic (exact) mass is 297 g/mol. The zero-order valence-corrected chi connectivity index (χ0v) is 11.7. The third kappa shape index (κ3) is 2.20. The Labute approximate surface area is 126 Å². The second kappa shape index (κ2) is 5.09. The fourth-order valence-corrected chi connectivity index (χ4v) is 2.66. The number of nitrogens with zero attached hydrogens (tertiary/aromatic N) is 2. The van der Waals surface area contributed by atoms with Crippen molar-refractivity contribution in [2.24, 2.45) is 4.99 Å². The molecule has 1 heterocycles. The lowest BCUT2D eigenvalue weighted by atomic mass is 10.1. The molecule has 0 saturated heterocycles. The molecule has 1 amide bonds. The predicted octanol–water partition coefficient (Wildman–Crippen LogP) is 2.64. The average molecular weight is 297 g/mol. The molecule has 6 heteroatoms. The van der Waals surface area contributed by atoms with Crippen LogP contribution < -0.4 is 10.2 Å². The molecule has 21 heavy (non-hydrogen) atoms. The first-order valence-corrected chi connectivity index (χ1v) is 6.69. The van der Waals surface area contributed by atoms with Crippen LogP contribution in [0.2, 0.25) is 0 Å². The van der Waals surface area contributed by atoms with Crippen molar-refractivity contribution in [3.63, 3.8) is 0 Å². The van der Waals surface area contributed by atoms with Gasteiger partial charge in [0.1, 0.15) is 0 Å². The number of carbonyl (C=O) groups excluding carboxylic acids is 2. The van der Waals surface area contributed by atoms with Crippen LogP contribution in [0.4, 0.5) is 11.4 Å². The third-order valence-electron chi connectivity index (χ3n) is 3.19. The molecule has 1 unspecified atom stereocenters. The van der Waals surface area contributed by atoms with E-state index >= 15 is 0 Å². The minimum Gasteiger partial charge on any atom is -0.334 e. The lowest BCUT2D eigenvalue weighted by molar-refractivity contribution is 0.0972. The first kappa shape index (κ1) is 13.4. The van der Waals surface area contributed by atoms with Gasteiger partial charge in [0.25, 0.3) is 11.0 Å². The van der Waals surface area contributed by atoms with Crippen molar-refractivity contribution in [3.05, 3.63) is 60.2 Å². The van der Waals surface area contributed by atoms with Gasteiger partial charge in [0, 0.05) is 5.69 Å². The maximum atomic E-state index is 12.8. The SMILES string of the molecule is O=C=NC1(S)Nc2ccccc2C(=O)N1c1ccccc1. The molecule has 0 aromatic heterocycles. The number of rotatable bonds is 2. The molecule has 2 aromatic carbocycles. The summed E-state index contributed by atoms with van der Waals surface area (Å²) in [5.74, 6) is -0.287. The minimum absolute atomic E-state index is 0.287. The maximum absolute atomic E-state index is 12.8. The van der Waals surface area contributed by atoms with Crippen LogP contribution in [0.3, 0.4) is 0 Å². The topological polar surface area (TPSA) is 61.8 Å². The van der Waals surface area contributed by atoms with E-state index in [1.165, 1.54) is 11.0 Å². The van der Waals surface area contributed by atoms with E-state index in [1.54, 1.807) is 48.5 Å². The van der Waals surface area contributed by atoms with Crippen molar-refractivity contribution in [1.29, 1.82) is 0 Å². The van der Waals surface area contributed by atoms with Crippen LogP contribution in [0.5, 0.6) is 0 Å². The summed E-state index contributed by atoms with van der Waals surface area (Å²) in [6.07, 6.45) is 1.47. The lowest BCUT2D eigenvalue weighted by Gasteiger charge is -2.41. The number of nitrogens with one attached hydrogen (secondary N) is 1. The number of hydrogen-bond acceptors (Lipinski definition) is 5. The van der Waals surface area contributed by atoms with E-state index in [0.29, 0.717) is 16.9 Å². The van der Waals surface area contributed by atoms with Gasteiger partial charge < -0.3 is 5.32 Å². The van der Waals surface area contributed by atoms with Gasteiger partial charge in [0.05, 0.1) is 11.3 Å². The smallest absolute Gasteiger partial charge is 0.273 e. The highest BCUT2D eigenvalue weighted by atomic mass is 32.1. The van der Waals surface area contributed by atoms with Crippen molar-refractivity contribution in [2.45, 2.75) is 5.12 Å². The number of benzene rings is 2. The number of aliphatic imine (C=N–C) groups is 1. The summed E-state index contributed by atoms with van der Waals surface area (Å²) < 4.78 is 0. The normalized spacial score (nSPS) is 20.2. The van der Waals surface area contributed by atoms with Crippen LogP contribution in [-0.2, 0) is 4.79 Å². The van der Waals surface area contributed by atoms with Gasteiger partial charge in [-0.1, -0.05) is 30.3 Å². The highest BCUT2D eigenvalue weighted by Gasteiger charge is 2.43. The third-order valence-corrected chi connectivity index (χ3v) is 3.60. The zero-order valence-electron chi connectivity index (χ0n) is 10.9. The molecule has 3 rings (SSSR count). The molecular formula is C15H11N3O2S. The maximum Gasteiger partial charge on any atom is 0.273 e. The highest BCUT2D eigenvalue weighted by molar-refractivity contribution is 7.82. The van der Waals surface area contributed by atoms with Crippen molar-refractivity contribution in [3.8, 4) is 0 Å². The summed E-state index contributed by atoms with van der Waals surface area (Å²) in [6, 6.07) is 15.9. The Morgan fingerprint density at radius 2 is 1.76 bits per heavy atom. The number of amides is 1. The Morgan fingerprint density at radius 1 is 1.10 bits per heavy atom. The van der Waals surface area contributed by atoms with Gasteiger partial charge in [-0.3, -0.25) is 9.69 Å². The Morgan fingerprint density at radius 3 is 2.48 bits per heavy atom. The van der Waals surface area contributed by atoms with E-state index in [-0.39, 0.29) is 5.91 Å². The average Bonchev–Trinajstić information content (AvgIpc) is 2.48. The van der Waals surface area contributed by atoms with E-state index in [2.05, 4.69) is 22.9 Å². The number of isocyanates is 1. The van der Waals surface area contributed by atoms with Gasteiger partial charge in [0.2, 0.25) is 6.08 Å². The molecule has 0 aliphatic carbocycles. The molecule has 1 aliphatic heterocycles. The van der Waals surface area contributed by atoms with Gasteiger partial charge in [-0.05, 0) is 24.3 Å². The van der Waals surface area contributed by atoms with Crippen LogP contribution >= 0.6 is 12.6 Å². The fraction of sp³-hybridized carbons (Fsp3) is 0.0667. The van der Waals surface area contributed by atoms with Crippen LogP contribution in [-0.4, -0.2) is 17.1 Å². The summed E-state index contributed by atoms with van der Waals surface area (Å²) in [4.78, 5) is 28.5. The molecule has 1 aliphatic rings. The molecule has 0 saturated carbocycles. The summed E-state index contributed by atoms with van der Waals surface area (Å²) >= 11 is 4.39. The van der Waals surface area contributed by atoms with E-state index in [1.807, 2.05) is 6.07 Å². The highest BCUT2D eigenvalue weighted by Crippen LogP contribution is 2.37. The molecule has 0 radical (unpaired) electrons. The second-order valence-corrected chi connectivity index (χ2v) is 5.11. The Kier molecular flexibility index (Phi) is 3.25. The minimum atomic E-state index is -1.51.